The van der Waals surface area contributed by atoms with Crippen molar-refractivity contribution in [3.8, 4) is 0 Å². The van der Waals surface area contributed by atoms with Crippen molar-refractivity contribution < 1.29 is 4.79 Å². The maximum absolute atomic E-state index is 12.1. The van der Waals surface area contributed by atoms with Gasteiger partial charge < -0.3 is 5.32 Å². The summed E-state index contributed by atoms with van der Waals surface area (Å²) in [4.78, 5) is 15.9. The number of rotatable bonds is 2. The Bertz CT molecular complexity index is 647. The summed E-state index contributed by atoms with van der Waals surface area (Å²) in [7, 11) is 0. The van der Waals surface area contributed by atoms with Crippen LogP contribution < -0.4 is 5.32 Å². The first-order chi connectivity index (χ1) is 8.97. The third-order valence-corrected chi connectivity index (χ3v) is 3.62. The number of carbonyl (C=O) groups excluding carboxylic acids is 1. The molecule has 0 unspecified atom stereocenters. The smallest absolute Gasteiger partial charge is 0.258 e. The van der Waals surface area contributed by atoms with Crippen LogP contribution in [-0.4, -0.2) is 10.9 Å². The van der Waals surface area contributed by atoms with Gasteiger partial charge >= 0.3 is 0 Å². The number of pyridine rings is 1. The third kappa shape index (κ3) is 3.47. The van der Waals surface area contributed by atoms with E-state index < -0.39 is 0 Å². The van der Waals surface area contributed by atoms with Crippen LogP contribution in [0, 0.1) is 6.92 Å². The Balaban J connectivity index is 2.28. The second-order valence-electron chi connectivity index (χ2n) is 3.91. The van der Waals surface area contributed by atoms with Crippen LogP contribution in [0.4, 0.5) is 5.69 Å². The van der Waals surface area contributed by atoms with Gasteiger partial charge in [-0.3, -0.25) is 4.79 Å². The number of nitrogens with zero attached hydrogens (tertiary/aromatic N) is 1. The molecule has 2 rings (SSSR count). The monoisotopic (exact) mass is 358 g/mol. The van der Waals surface area contributed by atoms with Gasteiger partial charge in [-0.15, -0.1) is 0 Å². The summed E-state index contributed by atoms with van der Waals surface area (Å²) in [6, 6.07) is 8.73. The number of aromatic nitrogens is 1. The van der Waals surface area contributed by atoms with Crippen molar-refractivity contribution in [2.45, 2.75) is 6.92 Å². The van der Waals surface area contributed by atoms with Crippen LogP contribution in [0.5, 0.6) is 0 Å². The summed E-state index contributed by atoms with van der Waals surface area (Å²) in [5, 5.41) is 3.10. The van der Waals surface area contributed by atoms with Crippen molar-refractivity contribution in [3.05, 3.63) is 56.2 Å². The lowest BCUT2D eigenvalue weighted by molar-refractivity contribution is 0.102. The fourth-order valence-corrected chi connectivity index (χ4v) is 2.28. The molecule has 3 nitrogen and oxygen atoms in total. The quantitative estimate of drug-likeness (QED) is 0.789. The van der Waals surface area contributed by atoms with Crippen molar-refractivity contribution >= 4 is 50.7 Å². The molecule has 1 amide bonds. The van der Waals surface area contributed by atoms with Crippen molar-refractivity contribution in [1.29, 1.82) is 0 Å². The zero-order chi connectivity index (χ0) is 14.0. The predicted octanol–water partition coefficient (Wildman–Crippen LogP) is 4.71. The standard InChI is InChI=1S/C13H9BrCl2N2O/c1-7-2-4-9(14)10(6-7)17-13(19)8-3-5-11(15)18-12(8)16/h2-6H,1H3,(H,17,19). The van der Waals surface area contributed by atoms with Crippen LogP contribution in [0.2, 0.25) is 10.3 Å². The van der Waals surface area contributed by atoms with Crippen molar-refractivity contribution in [1.82, 2.24) is 4.98 Å². The zero-order valence-electron chi connectivity index (χ0n) is 9.88. The molecule has 1 aromatic carbocycles. The second kappa shape index (κ2) is 5.90. The number of anilines is 1. The largest absolute Gasteiger partial charge is 0.321 e. The van der Waals surface area contributed by atoms with E-state index in [-0.39, 0.29) is 21.8 Å². The molecular weight excluding hydrogens is 351 g/mol. The molecule has 1 heterocycles. The molecule has 1 aromatic heterocycles. The van der Waals surface area contributed by atoms with Crippen LogP contribution in [0.25, 0.3) is 0 Å². The lowest BCUT2D eigenvalue weighted by Crippen LogP contribution is -2.13. The molecule has 0 saturated carbocycles. The van der Waals surface area contributed by atoms with Crippen LogP contribution in [0.1, 0.15) is 15.9 Å². The van der Waals surface area contributed by atoms with E-state index in [1.54, 1.807) is 0 Å². The summed E-state index contributed by atoms with van der Waals surface area (Å²) in [5.74, 6) is -0.333. The van der Waals surface area contributed by atoms with E-state index >= 15 is 0 Å². The first kappa shape index (κ1) is 14.3. The minimum Gasteiger partial charge on any atom is -0.321 e. The van der Waals surface area contributed by atoms with Gasteiger partial charge in [0.2, 0.25) is 0 Å². The molecular formula is C13H9BrCl2N2O. The first-order valence-corrected chi connectivity index (χ1v) is 6.92. The van der Waals surface area contributed by atoms with Gasteiger partial charge in [0.1, 0.15) is 10.3 Å². The van der Waals surface area contributed by atoms with E-state index in [0.29, 0.717) is 5.69 Å². The average Bonchev–Trinajstić information content (AvgIpc) is 2.33. The SMILES string of the molecule is Cc1ccc(Br)c(NC(=O)c2ccc(Cl)nc2Cl)c1. The number of benzene rings is 1. The molecule has 98 valence electrons. The molecule has 0 atom stereocenters. The maximum Gasteiger partial charge on any atom is 0.258 e. The number of hydrogen-bond acceptors (Lipinski definition) is 2. The molecule has 2 aromatic rings. The van der Waals surface area contributed by atoms with Crippen LogP contribution in [0.15, 0.2) is 34.8 Å². The maximum atomic E-state index is 12.1. The highest BCUT2D eigenvalue weighted by Crippen LogP contribution is 2.25. The summed E-state index contributed by atoms with van der Waals surface area (Å²) < 4.78 is 0.796. The summed E-state index contributed by atoms with van der Waals surface area (Å²) in [6.07, 6.45) is 0. The molecule has 0 aliphatic carbocycles. The molecule has 0 aliphatic heterocycles. The molecule has 0 radical (unpaired) electrons. The Morgan fingerprint density at radius 2 is 2.00 bits per heavy atom. The number of aryl methyl sites for hydroxylation is 1. The van der Waals surface area contributed by atoms with Gasteiger partial charge in [-0.05, 0) is 52.7 Å². The Kier molecular flexibility index (Phi) is 4.45. The van der Waals surface area contributed by atoms with E-state index in [9.17, 15) is 4.79 Å². The molecule has 0 spiro atoms. The molecule has 1 N–H and O–H groups in total. The number of amides is 1. The minimum atomic E-state index is -0.333. The average molecular weight is 360 g/mol. The summed E-state index contributed by atoms with van der Waals surface area (Å²) in [6.45, 7) is 1.94. The fraction of sp³-hybridized carbons (Fsp3) is 0.0769. The van der Waals surface area contributed by atoms with Gasteiger partial charge in [0.25, 0.3) is 5.91 Å². The minimum absolute atomic E-state index is 0.0776. The Hall–Kier alpha value is -1.10. The Morgan fingerprint density at radius 1 is 1.26 bits per heavy atom. The van der Waals surface area contributed by atoms with E-state index in [1.165, 1.54) is 12.1 Å². The van der Waals surface area contributed by atoms with Gasteiger partial charge in [-0.25, -0.2) is 4.98 Å². The highest BCUT2D eigenvalue weighted by atomic mass is 79.9. The second-order valence-corrected chi connectivity index (χ2v) is 5.51. The van der Waals surface area contributed by atoms with Crippen LogP contribution >= 0.6 is 39.1 Å². The number of halogens is 3. The number of hydrogen-bond donors (Lipinski definition) is 1. The lowest BCUT2D eigenvalue weighted by atomic mass is 10.2. The Morgan fingerprint density at radius 3 is 2.68 bits per heavy atom. The third-order valence-electron chi connectivity index (χ3n) is 2.43. The highest BCUT2D eigenvalue weighted by Gasteiger charge is 2.13. The van der Waals surface area contributed by atoms with Crippen molar-refractivity contribution in [2.75, 3.05) is 5.32 Å². The zero-order valence-corrected chi connectivity index (χ0v) is 13.0. The summed E-state index contributed by atoms with van der Waals surface area (Å²) in [5.41, 5.74) is 1.99. The summed E-state index contributed by atoms with van der Waals surface area (Å²) >= 11 is 15.0. The number of nitrogens with one attached hydrogen (secondary N) is 1. The molecule has 19 heavy (non-hydrogen) atoms. The van der Waals surface area contributed by atoms with Crippen LogP contribution in [-0.2, 0) is 0 Å². The van der Waals surface area contributed by atoms with Crippen molar-refractivity contribution in [2.24, 2.45) is 0 Å². The predicted molar refractivity (Wildman–Crippen MR) is 81.1 cm³/mol. The topological polar surface area (TPSA) is 42.0 Å². The van der Waals surface area contributed by atoms with Crippen LogP contribution in [0.3, 0.4) is 0 Å². The van der Waals surface area contributed by atoms with Gasteiger partial charge in [0, 0.05) is 4.47 Å². The lowest BCUT2D eigenvalue weighted by Gasteiger charge is -2.09. The van der Waals surface area contributed by atoms with Gasteiger partial charge in [0.05, 0.1) is 11.3 Å². The van der Waals surface area contributed by atoms with E-state index in [0.717, 1.165) is 10.0 Å². The van der Waals surface area contributed by atoms with E-state index in [1.807, 2.05) is 25.1 Å². The normalized spacial score (nSPS) is 10.3. The number of carbonyl (C=O) groups is 1. The molecule has 0 bridgehead atoms. The van der Waals surface area contributed by atoms with E-state index in [4.69, 9.17) is 23.2 Å². The molecule has 6 heteroatoms. The Labute approximate surface area is 129 Å². The highest BCUT2D eigenvalue weighted by molar-refractivity contribution is 9.10. The first-order valence-electron chi connectivity index (χ1n) is 5.37. The molecule has 0 aliphatic rings. The van der Waals surface area contributed by atoms with Crippen molar-refractivity contribution in [3.63, 3.8) is 0 Å². The van der Waals surface area contributed by atoms with E-state index in [2.05, 4.69) is 26.2 Å². The van der Waals surface area contributed by atoms with Gasteiger partial charge in [0.15, 0.2) is 0 Å². The fourth-order valence-electron chi connectivity index (χ4n) is 1.51. The van der Waals surface area contributed by atoms with Gasteiger partial charge in [-0.2, -0.15) is 0 Å². The molecule has 0 saturated heterocycles. The van der Waals surface area contributed by atoms with Gasteiger partial charge in [-0.1, -0.05) is 29.3 Å². The molecule has 0 fully saturated rings.